The van der Waals surface area contributed by atoms with E-state index in [0.717, 1.165) is 10.0 Å². The van der Waals surface area contributed by atoms with Crippen LogP contribution in [0.25, 0.3) is 0 Å². The highest BCUT2D eigenvalue weighted by atomic mass is 79.9. The second-order valence-electron chi connectivity index (χ2n) is 4.65. The van der Waals surface area contributed by atoms with E-state index in [1.807, 2.05) is 25.1 Å². The molecule has 0 bridgehead atoms. The van der Waals surface area contributed by atoms with E-state index in [0.29, 0.717) is 12.1 Å². The Balaban J connectivity index is 2.05. The number of hydrogen-bond acceptors (Lipinski definition) is 2. The molecule has 0 aliphatic carbocycles. The summed E-state index contributed by atoms with van der Waals surface area (Å²) in [6, 6.07) is 7.85. The lowest BCUT2D eigenvalue weighted by molar-refractivity contribution is 0.0951. The van der Waals surface area contributed by atoms with Gasteiger partial charge in [-0.2, -0.15) is 0 Å². The minimum absolute atomic E-state index is 0.0342. The molecule has 19 heavy (non-hydrogen) atoms. The zero-order valence-electron chi connectivity index (χ0n) is 11.2. The van der Waals surface area contributed by atoms with E-state index in [1.54, 1.807) is 11.3 Å². The molecule has 0 radical (unpaired) electrons. The van der Waals surface area contributed by atoms with Crippen LogP contribution in [0.1, 0.15) is 31.2 Å². The fourth-order valence-corrected chi connectivity index (χ4v) is 3.47. The third-order valence-corrected chi connectivity index (χ3v) is 4.55. The van der Waals surface area contributed by atoms with Crippen LogP contribution < -0.4 is 5.32 Å². The molecule has 1 N–H and O–H groups in total. The van der Waals surface area contributed by atoms with Crippen molar-refractivity contribution in [3.05, 3.63) is 55.2 Å². The monoisotopic (exact) mass is 337 g/mol. The molecule has 4 heteroatoms. The number of aryl methyl sites for hydroxylation is 3. The summed E-state index contributed by atoms with van der Waals surface area (Å²) < 4.78 is 0.931. The van der Waals surface area contributed by atoms with E-state index in [9.17, 15) is 4.79 Å². The van der Waals surface area contributed by atoms with Gasteiger partial charge in [-0.15, -0.1) is 11.3 Å². The molecule has 2 aromatic rings. The first kappa shape index (κ1) is 14.3. The molecule has 0 aliphatic rings. The van der Waals surface area contributed by atoms with Gasteiger partial charge in [0.15, 0.2) is 0 Å². The number of carbonyl (C=O) groups excluding carboxylic acids is 1. The molecule has 0 atom stereocenters. The van der Waals surface area contributed by atoms with Gasteiger partial charge in [0.2, 0.25) is 0 Å². The fraction of sp³-hybridized carbons (Fsp3) is 0.267. The Bertz CT molecular complexity index is 579. The van der Waals surface area contributed by atoms with Crippen LogP contribution in [-0.4, -0.2) is 5.91 Å². The molecule has 0 saturated heterocycles. The standard InChI is InChI=1S/C15H16BrNOS/c1-9-4-12(7-13(16)5-9)15(18)17-8-14-6-10(2)11(3)19-14/h4-7H,8H2,1-3H3,(H,17,18). The number of thiophene rings is 1. The molecule has 0 spiro atoms. The van der Waals surface area contributed by atoms with Gasteiger partial charge in [-0.3, -0.25) is 4.79 Å². The normalized spacial score (nSPS) is 10.5. The molecule has 2 rings (SSSR count). The van der Waals surface area contributed by atoms with Gasteiger partial charge in [0.05, 0.1) is 6.54 Å². The lowest BCUT2D eigenvalue weighted by Gasteiger charge is -2.05. The van der Waals surface area contributed by atoms with E-state index in [1.165, 1.54) is 15.3 Å². The Labute approximate surface area is 126 Å². The average Bonchev–Trinajstić information content (AvgIpc) is 2.64. The third kappa shape index (κ3) is 3.67. The van der Waals surface area contributed by atoms with Gasteiger partial charge in [-0.05, 0) is 56.2 Å². The van der Waals surface area contributed by atoms with Gasteiger partial charge in [0.1, 0.15) is 0 Å². The van der Waals surface area contributed by atoms with E-state index < -0.39 is 0 Å². The Morgan fingerprint density at radius 1 is 1.21 bits per heavy atom. The second kappa shape index (κ2) is 5.88. The first-order valence-corrected chi connectivity index (χ1v) is 7.68. The predicted molar refractivity (Wildman–Crippen MR) is 83.8 cm³/mol. The summed E-state index contributed by atoms with van der Waals surface area (Å²) in [7, 11) is 0. The van der Waals surface area contributed by atoms with Gasteiger partial charge >= 0.3 is 0 Å². The van der Waals surface area contributed by atoms with E-state index in [-0.39, 0.29) is 5.91 Å². The quantitative estimate of drug-likeness (QED) is 0.885. The van der Waals surface area contributed by atoms with Crippen molar-refractivity contribution >= 4 is 33.2 Å². The summed E-state index contributed by atoms with van der Waals surface area (Å²) in [5.41, 5.74) is 3.05. The van der Waals surface area contributed by atoms with Crippen molar-refractivity contribution in [3.8, 4) is 0 Å². The van der Waals surface area contributed by atoms with Crippen LogP contribution in [0.5, 0.6) is 0 Å². The van der Waals surface area contributed by atoms with Gasteiger partial charge in [0.25, 0.3) is 5.91 Å². The zero-order valence-corrected chi connectivity index (χ0v) is 13.6. The van der Waals surface area contributed by atoms with Crippen molar-refractivity contribution in [1.29, 1.82) is 0 Å². The maximum atomic E-state index is 12.1. The molecule has 1 amide bonds. The Morgan fingerprint density at radius 2 is 1.95 bits per heavy atom. The maximum Gasteiger partial charge on any atom is 0.251 e. The smallest absolute Gasteiger partial charge is 0.251 e. The van der Waals surface area contributed by atoms with Crippen molar-refractivity contribution in [2.24, 2.45) is 0 Å². The average molecular weight is 338 g/mol. The second-order valence-corrected chi connectivity index (χ2v) is 6.91. The van der Waals surface area contributed by atoms with Crippen LogP contribution in [0.4, 0.5) is 0 Å². The molecule has 1 aromatic heterocycles. The number of amides is 1. The molecular formula is C15H16BrNOS. The van der Waals surface area contributed by atoms with Crippen molar-refractivity contribution in [1.82, 2.24) is 5.32 Å². The van der Waals surface area contributed by atoms with Crippen LogP contribution >= 0.6 is 27.3 Å². The largest absolute Gasteiger partial charge is 0.347 e. The Hall–Kier alpha value is -1.13. The fourth-order valence-electron chi connectivity index (χ4n) is 1.87. The highest BCUT2D eigenvalue weighted by molar-refractivity contribution is 9.10. The van der Waals surface area contributed by atoms with E-state index in [2.05, 4.69) is 41.2 Å². The van der Waals surface area contributed by atoms with E-state index in [4.69, 9.17) is 0 Å². The van der Waals surface area contributed by atoms with Gasteiger partial charge in [-0.25, -0.2) is 0 Å². The Morgan fingerprint density at radius 3 is 2.53 bits per heavy atom. The first-order valence-electron chi connectivity index (χ1n) is 6.07. The molecule has 1 aromatic carbocycles. The number of benzene rings is 1. The molecule has 100 valence electrons. The lowest BCUT2D eigenvalue weighted by Crippen LogP contribution is -2.22. The SMILES string of the molecule is Cc1cc(Br)cc(C(=O)NCc2cc(C)c(C)s2)c1. The summed E-state index contributed by atoms with van der Waals surface area (Å²) in [6.45, 7) is 6.76. The minimum atomic E-state index is -0.0342. The number of halogens is 1. The van der Waals surface area contributed by atoms with Crippen molar-refractivity contribution < 1.29 is 4.79 Å². The lowest BCUT2D eigenvalue weighted by atomic mass is 10.1. The highest BCUT2D eigenvalue weighted by Crippen LogP contribution is 2.20. The summed E-state index contributed by atoms with van der Waals surface area (Å²) >= 11 is 5.15. The minimum Gasteiger partial charge on any atom is -0.347 e. The maximum absolute atomic E-state index is 12.1. The molecule has 1 heterocycles. The summed E-state index contributed by atoms with van der Waals surface area (Å²) in [5.74, 6) is -0.0342. The van der Waals surface area contributed by atoms with Crippen LogP contribution in [0, 0.1) is 20.8 Å². The summed E-state index contributed by atoms with van der Waals surface area (Å²) in [5, 5.41) is 2.96. The van der Waals surface area contributed by atoms with E-state index >= 15 is 0 Å². The van der Waals surface area contributed by atoms with Crippen molar-refractivity contribution in [2.45, 2.75) is 27.3 Å². The van der Waals surface area contributed by atoms with Crippen LogP contribution in [-0.2, 0) is 6.54 Å². The summed E-state index contributed by atoms with van der Waals surface area (Å²) in [6.07, 6.45) is 0. The molecular weight excluding hydrogens is 322 g/mol. The number of carbonyl (C=O) groups is 1. The predicted octanol–water partition coefficient (Wildman–Crippen LogP) is 4.37. The van der Waals surface area contributed by atoms with Gasteiger partial charge < -0.3 is 5.32 Å². The van der Waals surface area contributed by atoms with Crippen molar-refractivity contribution in [2.75, 3.05) is 0 Å². The topological polar surface area (TPSA) is 29.1 Å². The van der Waals surface area contributed by atoms with Gasteiger partial charge in [-0.1, -0.05) is 15.9 Å². The van der Waals surface area contributed by atoms with Gasteiger partial charge in [0, 0.05) is 19.8 Å². The third-order valence-electron chi connectivity index (χ3n) is 2.94. The first-order chi connectivity index (χ1) is 8.95. The molecule has 0 unspecified atom stereocenters. The van der Waals surface area contributed by atoms with Crippen LogP contribution in [0.15, 0.2) is 28.7 Å². The van der Waals surface area contributed by atoms with Crippen molar-refractivity contribution in [3.63, 3.8) is 0 Å². The molecule has 0 saturated carbocycles. The highest BCUT2D eigenvalue weighted by Gasteiger charge is 2.08. The Kier molecular flexibility index (Phi) is 4.42. The summed E-state index contributed by atoms with van der Waals surface area (Å²) in [4.78, 5) is 14.6. The molecule has 0 aliphatic heterocycles. The zero-order chi connectivity index (χ0) is 14.0. The number of hydrogen-bond donors (Lipinski definition) is 1. The van der Waals surface area contributed by atoms with Crippen LogP contribution in [0.2, 0.25) is 0 Å². The van der Waals surface area contributed by atoms with Crippen LogP contribution in [0.3, 0.4) is 0 Å². The number of rotatable bonds is 3. The molecule has 2 nitrogen and oxygen atoms in total. The molecule has 0 fully saturated rings. The number of nitrogens with one attached hydrogen (secondary N) is 1.